The van der Waals surface area contributed by atoms with E-state index in [0.29, 0.717) is 51.9 Å². The zero-order valence-corrected chi connectivity index (χ0v) is 21.3. The molecule has 2 aromatic carbocycles. The van der Waals surface area contributed by atoms with Gasteiger partial charge in [0, 0.05) is 25.2 Å². The summed E-state index contributed by atoms with van der Waals surface area (Å²) in [5, 5.41) is 4.46. The number of aryl methyl sites for hydroxylation is 1. The summed E-state index contributed by atoms with van der Waals surface area (Å²) in [7, 11) is 0. The summed E-state index contributed by atoms with van der Waals surface area (Å²) in [5.41, 5.74) is 2.14. The summed E-state index contributed by atoms with van der Waals surface area (Å²) in [5.74, 6) is -0.0849. The van der Waals surface area contributed by atoms with Crippen LogP contribution >= 0.6 is 23.4 Å². The van der Waals surface area contributed by atoms with Crippen LogP contribution in [-0.4, -0.2) is 44.7 Å². The van der Waals surface area contributed by atoms with Crippen LogP contribution in [0.15, 0.2) is 52.4 Å². The number of benzene rings is 2. The fourth-order valence-corrected chi connectivity index (χ4v) is 4.93. The van der Waals surface area contributed by atoms with Gasteiger partial charge < -0.3 is 5.32 Å². The van der Waals surface area contributed by atoms with Gasteiger partial charge in [0.25, 0.3) is 5.56 Å². The number of carbonyl (C=O) groups is 1. The molecule has 1 aromatic heterocycles. The van der Waals surface area contributed by atoms with E-state index in [1.54, 1.807) is 16.7 Å². The van der Waals surface area contributed by atoms with Crippen molar-refractivity contribution < 1.29 is 4.79 Å². The first-order valence-corrected chi connectivity index (χ1v) is 12.5. The fraction of sp³-hybridized carbons (Fsp3) is 0.400. The minimum Gasteiger partial charge on any atom is -0.324 e. The van der Waals surface area contributed by atoms with Gasteiger partial charge in [-0.1, -0.05) is 41.6 Å². The van der Waals surface area contributed by atoms with E-state index in [4.69, 9.17) is 16.6 Å². The number of halogens is 1. The van der Waals surface area contributed by atoms with E-state index in [-0.39, 0.29) is 17.2 Å². The van der Waals surface area contributed by atoms with Crippen molar-refractivity contribution in [3.63, 3.8) is 0 Å². The van der Waals surface area contributed by atoms with E-state index in [9.17, 15) is 9.59 Å². The van der Waals surface area contributed by atoms with E-state index in [1.165, 1.54) is 11.8 Å². The van der Waals surface area contributed by atoms with Gasteiger partial charge in [0.1, 0.15) is 0 Å². The molecule has 0 spiro atoms. The number of nitrogens with one attached hydrogen (secondary N) is 1. The smallest absolute Gasteiger partial charge is 0.262 e. The third-order valence-corrected chi connectivity index (χ3v) is 6.76. The molecule has 3 aromatic rings. The molecule has 33 heavy (non-hydrogen) atoms. The van der Waals surface area contributed by atoms with Gasteiger partial charge in [-0.3, -0.25) is 19.1 Å². The predicted octanol–water partition coefficient (Wildman–Crippen LogP) is 5.21. The number of anilines is 1. The summed E-state index contributed by atoms with van der Waals surface area (Å²) in [4.78, 5) is 32.9. The molecular weight excluding hydrogens is 456 g/mol. The first kappa shape index (κ1) is 25.3. The molecule has 0 bridgehead atoms. The van der Waals surface area contributed by atoms with Crippen molar-refractivity contribution in [2.45, 2.75) is 58.4 Å². The molecule has 1 heterocycles. The highest BCUT2D eigenvalue weighted by molar-refractivity contribution is 7.99. The lowest BCUT2D eigenvalue weighted by Crippen LogP contribution is -2.40. The normalized spacial score (nSPS) is 11.7. The number of amides is 1. The topological polar surface area (TPSA) is 67.2 Å². The van der Waals surface area contributed by atoms with Crippen molar-refractivity contribution in [1.82, 2.24) is 14.5 Å². The Hall–Kier alpha value is -2.35. The summed E-state index contributed by atoms with van der Waals surface area (Å²) >= 11 is 7.50. The van der Waals surface area contributed by atoms with Gasteiger partial charge >= 0.3 is 0 Å². The number of para-hydroxylation sites is 1. The van der Waals surface area contributed by atoms with Crippen LogP contribution in [0.25, 0.3) is 10.9 Å². The zero-order valence-electron chi connectivity index (χ0n) is 19.8. The Morgan fingerprint density at radius 3 is 2.52 bits per heavy atom. The Bertz CT molecular complexity index is 1180. The molecule has 0 saturated heterocycles. The molecule has 3 rings (SSSR count). The largest absolute Gasteiger partial charge is 0.324 e. The number of fused-ring (bicyclic) bond motifs is 1. The minimum atomic E-state index is -0.203. The van der Waals surface area contributed by atoms with Crippen molar-refractivity contribution in [1.29, 1.82) is 0 Å². The summed E-state index contributed by atoms with van der Waals surface area (Å²) in [6, 6.07) is 13.5. The lowest BCUT2D eigenvalue weighted by molar-refractivity contribution is -0.113. The molecule has 0 unspecified atom stereocenters. The van der Waals surface area contributed by atoms with Crippen LogP contribution in [0.4, 0.5) is 5.69 Å². The van der Waals surface area contributed by atoms with Crippen molar-refractivity contribution >= 4 is 45.9 Å². The fourth-order valence-electron chi connectivity index (χ4n) is 3.82. The lowest BCUT2D eigenvalue weighted by atomic mass is 10.2. The number of thioether (sulfide) groups is 1. The Morgan fingerprint density at radius 2 is 1.85 bits per heavy atom. The van der Waals surface area contributed by atoms with Gasteiger partial charge in [0.15, 0.2) is 5.16 Å². The van der Waals surface area contributed by atoms with Gasteiger partial charge in [-0.2, -0.15) is 0 Å². The Labute approximate surface area is 204 Å². The Kier molecular flexibility index (Phi) is 8.57. The Balaban J connectivity index is 1.83. The molecule has 0 radical (unpaired) electrons. The third kappa shape index (κ3) is 6.37. The first-order valence-electron chi connectivity index (χ1n) is 11.1. The highest BCUT2D eigenvalue weighted by atomic mass is 35.5. The van der Waals surface area contributed by atoms with E-state index in [1.807, 2.05) is 37.3 Å². The van der Waals surface area contributed by atoms with Crippen molar-refractivity contribution in [2.75, 3.05) is 17.6 Å². The number of hydrogen-bond acceptors (Lipinski definition) is 5. The van der Waals surface area contributed by atoms with E-state index in [2.05, 4.69) is 37.9 Å². The van der Waals surface area contributed by atoms with Crippen LogP contribution in [0, 0.1) is 6.92 Å². The standard InChI is InChI=1S/C25H31ClN4O2S/c1-16(2)29(17(3)4)12-13-30-24(32)19-8-6-7-9-21(19)28-25(30)33-15-23(31)27-22-11-10-18(5)14-20(22)26/h6-11,14,16-17H,12-13,15H2,1-5H3,(H,27,31). The highest BCUT2D eigenvalue weighted by Crippen LogP contribution is 2.24. The summed E-state index contributed by atoms with van der Waals surface area (Å²) in [6.07, 6.45) is 0. The van der Waals surface area contributed by atoms with Crippen LogP contribution < -0.4 is 10.9 Å². The summed E-state index contributed by atoms with van der Waals surface area (Å²) in [6.45, 7) is 11.8. The van der Waals surface area contributed by atoms with Crippen molar-refractivity contribution in [3.05, 3.63) is 63.4 Å². The van der Waals surface area contributed by atoms with E-state index >= 15 is 0 Å². The quantitative estimate of drug-likeness (QED) is 0.332. The van der Waals surface area contributed by atoms with Crippen molar-refractivity contribution in [2.24, 2.45) is 0 Å². The van der Waals surface area contributed by atoms with Crippen molar-refractivity contribution in [3.8, 4) is 0 Å². The SMILES string of the molecule is Cc1ccc(NC(=O)CSc2nc3ccccc3c(=O)n2CCN(C(C)C)C(C)C)c(Cl)c1. The average Bonchev–Trinajstić information content (AvgIpc) is 2.75. The molecule has 176 valence electrons. The van der Waals surface area contributed by atoms with Crippen LogP contribution in [0.1, 0.15) is 33.3 Å². The second kappa shape index (κ2) is 11.2. The number of aromatic nitrogens is 2. The van der Waals surface area contributed by atoms with Crippen LogP contribution in [0.5, 0.6) is 0 Å². The van der Waals surface area contributed by atoms with Gasteiger partial charge in [0.2, 0.25) is 5.91 Å². The number of nitrogens with zero attached hydrogens (tertiary/aromatic N) is 3. The second-order valence-corrected chi connectivity index (χ2v) is 9.96. The maximum absolute atomic E-state index is 13.3. The predicted molar refractivity (Wildman–Crippen MR) is 139 cm³/mol. The minimum absolute atomic E-state index is 0.0856. The van der Waals surface area contributed by atoms with Gasteiger partial charge in [-0.05, 0) is 64.4 Å². The maximum Gasteiger partial charge on any atom is 0.262 e. The first-order chi connectivity index (χ1) is 15.7. The van der Waals surface area contributed by atoms with Gasteiger partial charge in [0.05, 0.1) is 27.4 Å². The van der Waals surface area contributed by atoms with Crippen LogP contribution in [0.3, 0.4) is 0 Å². The molecule has 0 fully saturated rings. The molecule has 6 nitrogen and oxygen atoms in total. The maximum atomic E-state index is 13.3. The van der Waals surface area contributed by atoms with Gasteiger partial charge in [-0.15, -0.1) is 0 Å². The Morgan fingerprint density at radius 1 is 1.15 bits per heavy atom. The molecular formula is C25H31ClN4O2S. The second-order valence-electron chi connectivity index (χ2n) is 8.61. The van der Waals surface area contributed by atoms with E-state index < -0.39 is 0 Å². The molecule has 8 heteroatoms. The highest BCUT2D eigenvalue weighted by Gasteiger charge is 2.17. The third-order valence-electron chi connectivity index (χ3n) is 5.47. The molecule has 0 aliphatic rings. The average molecular weight is 487 g/mol. The number of hydrogen-bond donors (Lipinski definition) is 1. The molecule has 0 aliphatic heterocycles. The molecule has 1 amide bonds. The molecule has 0 saturated carbocycles. The number of rotatable bonds is 9. The molecule has 0 atom stereocenters. The zero-order chi connectivity index (χ0) is 24.1. The lowest BCUT2D eigenvalue weighted by Gasteiger charge is -2.30. The molecule has 0 aliphatic carbocycles. The van der Waals surface area contributed by atoms with E-state index in [0.717, 1.165) is 5.56 Å². The molecule has 1 N–H and O–H groups in total. The summed E-state index contributed by atoms with van der Waals surface area (Å²) < 4.78 is 1.69. The van der Waals surface area contributed by atoms with Crippen LogP contribution in [0.2, 0.25) is 5.02 Å². The monoisotopic (exact) mass is 486 g/mol. The van der Waals surface area contributed by atoms with Gasteiger partial charge in [-0.25, -0.2) is 4.98 Å². The number of carbonyl (C=O) groups excluding carboxylic acids is 1. The van der Waals surface area contributed by atoms with Crippen LogP contribution in [-0.2, 0) is 11.3 Å².